The van der Waals surface area contributed by atoms with Crippen LogP contribution in [-0.2, 0) is 10.0 Å². The van der Waals surface area contributed by atoms with E-state index in [1.807, 2.05) is 0 Å². The fourth-order valence-electron chi connectivity index (χ4n) is 2.30. The lowest BCUT2D eigenvalue weighted by Gasteiger charge is -2.20. The van der Waals surface area contributed by atoms with Crippen molar-refractivity contribution in [3.05, 3.63) is 23.9 Å². The van der Waals surface area contributed by atoms with Crippen molar-refractivity contribution in [3.63, 3.8) is 0 Å². The first-order valence-corrected chi connectivity index (χ1v) is 7.33. The molecular weight excluding hydrogens is 266 g/mol. The van der Waals surface area contributed by atoms with Crippen LogP contribution in [0.3, 0.4) is 0 Å². The minimum absolute atomic E-state index is 0.0814. The third-order valence-corrected chi connectivity index (χ3v) is 5.34. The van der Waals surface area contributed by atoms with Gasteiger partial charge in [0.05, 0.1) is 11.6 Å². The van der Waals surface area contributed by atoms with Crippen LogP contribution in [0.15, 0.2) is 23.4 Å². The predicted molar refractivity (Wildman–Crippen MR) is 64.4 cm³/mol. The van der Waals surface area contributed by atoms with E-state index in [1.165, 1.54) is 18.3 Å². The summed E-state index contributed by atoms with van der Waals surface area (Å²) in [5.74, 6) is -0.535. The predicted octanol–water partition coefficient (Wildman–Crippen LogP) is 0.920. The Morgan fingerprint density at radius 1 is 1.47 bits per heavy atom. The van der Waals surface area contributed by atoms with E-state index in [1.54, 1.807) is 0 Å². The van der Waals surface area contributed by atoms with E-state index in [0.717, 1.165) is 17.1 Å². The Kier molecular flexibility index (Phi) is 2.41. The minimum Gasteiger partial charge on any atom is -0.268 e. The first-order chi connectivity index (χ1) is 9.00. The molecule has 0 saturated heterocycles. The monoisotopic (exact) mass is 277 g/mol. The van der Waals surface area contributed by atoms with Crippen LogP contribution in [0.2, 0.25) is 0 Å². The molecule has 0 unspecified atom stereocenters. The molecule has 1 aliphatic heterocycles. The number of carbonyl (C=O) groups is 1. The zero-order valence-corrected chi connectivity index (χ0v) is 10.9. The molecule has 1 aliphatic carbocycles. The van der Waals surface area contributed by atoms with Crippen molar-refractivity contribution >= 4 is 15.9 Å². The molecule has 0 aromatic carbocycles. The molecule has 6 nitrogen and oxygen atoms in total. The van der Waals surface area contributed by atoms with E-state index >= 15 is 0 Å². The third-order valence-electron chi connectivity index (χ3n) is 3.65. The van der Waals surface area contributed by atoms with Crippen molar-refractivity contribution in [1.29, 1.82) is 5.26 Å². The van der Waals surface area contributed by atoms with Crippen LogP contribution in [0.1, 0.15) is 29.6 Å². The molecule has 1 aromatic rings. The maximum absolute atomic E-state index is 12.3. The van der Waals surface area contributed by atoms with Crippen molar-refractivity contribution in [2.24, 2.45) is 5.41 Å². The van der Waals surface area contributed by atoms with Gasteiger partial charge in [-0.1, -0.05) is 0 Å². The van der Waals surface area contributed by atoms with E-state index in [0.29, 0.717) is 0 Å². The van der Waals surface area contributed by atoms with E-state index in [9.17, 15) is 13.2 Å². The summed E-state index contributed by atoms with van der Waals surface area (Å²) < 4.78 is 25.4. The van der Waals surface area contributed by atoms with Gasteiger partial charge in [0.1, 0.15) is 0 Å². The van der Waals surface area contributed by atoms with Crippen molar-refractivity contribution in [2.75, 3.05) is 6.54 Å². The molecule has 3 rings (SSSR count). The Morgan fingerprint density at radius 2 is 2.21 bits per heavy atom. The molecule has 1 aromatic heterocycles. The van der Waals surface area contributed by atoms with Gasteiger partial charge in [0.15, 0.2) is 5.03 Å². The van der Waals surface area contributed by atoms with Gasteiger partial charge in [0.2, 0.25) is 0 Å². The molecule has 2 heterocycles. The van der Waals surface area contributed by atoms with Crippen molar-refractivity contribution in [3.8, 4) is 6.07 Å². The van der Waals surface area contributed by atoms with Gasteiger partial charge in [-0.05, 0) is 25.0 Å². The van der Waals surface area contributed by atoms with Gasteiger partial charge in [-0.2, -0.15) is 13.7 Å². The highest BCUT2D eigenvalue weighted by molar-refractivity contribution is 7.90. The average molecular weight is 277 g/mol. The Bertz CT molecular complexity index is 701. The molecule has 0 N–H and O–H groups in total. The summed E-state index contributed by atoms with van der Waals surface area (Å²) in [6.45, 7) is 0.0814. The second kappa shape index (κ2) is 3.78. The zero-order valence-electron chi connectivity index (χ0n) is 10.0. The lowest BCUT2D eigenvalue weighted by Crippen LogP contribution is -2.35. The number of carbonyl (C=O) groups excluding carboxylic acids is 1. The fraction of sp³-hybridized carbons (Fsp3) is 0.417. The molecule has 1 fully saturated rings. The quantitative estimate of drug-likeness (QED) is 0.819. The van der Waals surface area contributed by atoms with Gasteiger partial charge in [0.25, 0.3) is 15.9 Å². The van der Waals surface area contributed by atoms with Gasteiger partial charge in [-0.25, -0.2) is 9.29 Å². The van der Waals surface area contributed by atoms with Crippen LogP contribution in [0, 0.1) is 16.7 Å². The Balaban J connectivity index is 1.98. The SMILES string of the molecule is N#CCC1(CN2C(=O)c3cccnc3S2(=O)=O)CC1. The van der Waals surface area contributed by atoms with Gasteiger partial charge >= 0.3 is 0 Å². The Labute approximate surface area is 110 Å². The number of rotatable bonds is 3. The number of amides is 1. The Hall–Kier alpha value is -1.94. The summed E-state index contributed by atoms with van der Waals surface area (Å²) in [6, 6.07) is 5.06. The largest absolute Gasteiger partial charge is 0.285 e. The van der Waals surface area contributed by atoms with Gasteiger partial charge < -0.3 is 0 Å². The first kappa shape index (κ1) is 12.1. The molecule has 98 valence electrons. The second-order valence-corrected chi connectivity index (χ2v) is 6.79. The summed E-state index contributed by atoms with van der Waals surface area (Å²) in [5, 5.41) is 8.60. The van der Waals surface area contributed by atoms with Gasteiger partial charge in [0, 0.05) is 24.6 Å². The van der Waals surface area contributed by atoms with Crippen molar-refractivity contribution in [1.82, 2.24) is 9.29 Å². The normalized spacial score (nSPS) is 21.8. The topological polar surface area (TPSA) is 91.1 Å². The fourth-order valence-corrected chi connectivity index (χ4v) is 3.90. The number of hydrogen-bond acceptors (Lipinski definition) is 5. The highest BCUT2D eigenvalue weighted by Gasteiger charge is 2.51. The van der Waals surface area contributed by atoms with Crippen LogP contribution in [0.4, 0.5) is 0 Å². The number of nitriles is 1. The number of aromatic nitrogens is 1. The van der Waals surface area contributed by atoms with Gasteiger partial charge in [-0.15, -0.1) is 0 Å². The van der Waals surface area contributed by atoms with E-state index in [2.05, 4.69) is 11.1 Å². The first-order valence-electron chi connectivity index (χ1n) is 5.89. The number of fused-ring (bicyclic) bond motifs is 1. The lowest BCUT2D eigenvalue weighted by molar-refractivity contribution is 0.0852. The summed E-state index contributed by atoms with van der Waals surface area (Å²) in [4.78, 5) is 15.9. The third kappa shape index (κ3) is 1.71. The highest BCUT2D eigenvalue weighted by Crippen LogP contribution is 2.50. The van der Waals surface area contributed by atoms with E-state index in [-0.39, 0.29) is 29.0 Å². The molecule has 2 aliphatic rings. The summed E-state index contributed by atoms with van der Waals surface area (Å²) in [5.41, 5.74) is -0.227. The average Bonchev–Trinajstić information content (AvgIpc) is 3.12. The molecule has 0 bridgehead atoms. The molecule has 7 heteroatoms. The highest BCUT2D eigenvalue weighted by atomic mass is 32.2. The molecule has 0 atom stereocenters. The minimum atomic E-state index is -3.84. The van der Waals surface area contributed by atoms with Crippen molar-refractivity contribution in [2.45, 2.75) is 24.3 Å². The molecule has 0 spiro atoms. The number of sulfonamides is 1. The smallest absolute Gasteiger partial charge is 0.268 e. The second-order valence-electron chi connectivity index (χ2n) is 5.01. The standard InChI is InChI=1S/C12H11N3O3S/c13-6-5-12(3-4-12)8-15-11(16)9-2-1-7-14-10(9)19(15,17)18/h1-2,7H,3-5,8H2. The molecule has 0 radical (unpaired) electrons. The van der Waals surface area contributed by atoms with Crippen LogP contribution in [0.5, 0.6) is 0 Å². The van der Waals surface area contributed by atoms with Crippen molar-refractivity contribution < 1.29 is 13.2 Å². The zero-order chi connectivity index (χ0) is 13.7. The van der Waals surface area contributed by atoms with E-state index < -0.39 is 15.9 Å². The summed E-state index contributed by atoms with van der Waals surface area (Å²) in [6.07, 6.45) is 3.19. The molecule has 1 saturated carbocycles. The number of nitrogens with zero attached hydrogens (tertiary/aromatic N) is 3. The van der Waals surface area contributed by atoms with Crippen LogP contribution in [0.25, 0.3) is 0 Å². The maximum atomic E-state index is 12.3. The molecule has 19 heavy (non-hydrogen) atoms. The summed E-state index contributed by atoms with van der Waals surface area (Å²) in [7, 11) is -3.84. The van der Waals surface area contributed by atoms with Gasteiger partial charge in [-0.3, -0.25) is 4.79 Å². The maximum Gasteiger partial charge on any atom is 0.285 e. The number of hydrogen-bond donors (Lipinski definition) is 0. The van der Waals surface area contributed by atoms with E-state index in [4.69, 9.17) is 5.26 Å². The Morgan fingerprint density at radius 3 is 2.79 bits per heavy atom. The lowest BCUT2D eigenvalue weighted by atomic mass is 10.0. The molecular formula is C12H11N3O3S. The number of pyridine rings is 1. The van der Waals surface area contributed by atoms with Crippen LogP contribution >= 0.6 is 0 Å². The summed E-state index contributed by atoms with van der Waals surface area (Å²) >= 11 is 0. The molecule has 1 amide bonds. The van der Waals surface area contributed by atoms with Crippen LogP contribution in [-0.4, -0.2) is 30.2 Å². The van der Waals surface area contributed by atoms with Crippen LogP contribution < -0.4 is 0 Å².